The minimum absolute atomic E-state index is 0.0519. The summed E-state index contributed by atoms with van der Waals surface area (Å²) in [6.07, 6.45) is 0.862. The van der Waals surface area contributed by atoms with E-state index >= 15 is 0 Å². The number of likely N-dealkylation sites (tertiary alicyclic amines) is 2. The third-order valence-electron chi connectivity index (χ3n) is 6.15. The molecule has 2 fully saturated rings. The Balaban J connectivity index is 1.48. The van der Waals surface area contributed by atoms with Gasteiger partial charge in [0.05, 0.1) is 17.6 Å². The molecule has 28 heavy (non-hydrogen) atoms. The first kappa shape index (κ1) is 18.7. The number of likely N-dealkylation sites (N-methyl/N-ethyl adjacent to an activating group) is 1. The minimum atomic E-state index is -0.634. The SMILES string of the molecule is Cc1cc(C(=O)N2CCC3(CC2)C[C@@H](O)[C@H](c2ccccc2)N(C)C3=O)no1. The van der Waals surface area contributed by atoms with E-state index in [4.69, 9.17) is 4.52 Å². The fourth-order valence-electron chi connectivity index (χ4n) is 4.64. The van der Waals surface area contributed by atoms with Crippen molar-refractivity contribution in [1.29, 1.82) is 0 Å². The van der Waals surface area contributed by atoms with Crippen LogP contribution >= 0.6 is 0 Å². The zero-order valence-corrected chi connectivity index (χ0v) is 16.2. The van der Waals surface area contributed by atoms with Gasteiger partial charge in [-0.2, -0.15) is 0 Å². The molecule has 0 bridgehead atoms. The van der Waals surface area contributed by atoms with Gasteiger partial charge in [0.25, 0.3) is 5.91 Å². The van der Waals surface area contributed by atoms with Crippen LogP contribution in [0.3, 0.4) is 0 Å². The first-order valence-electron chi connectivity index (χ1n) is 9.64. The van der Waals surface area contributed by atoms with E-state index in [1.165, 1.54) is 0 Å². The number of carbonyl (C=O) groups is 2. The van der Waals surface area contributed by atoms with Crippen LogP contribution in [0.4, 0.5) is 0 Å². The van der Waals surface area contributed by atoms with Gasteiger partial charge in [0.15, 0.2) is 5.69 Å². The molecule has 4 rings (SSSR count). The number of piperidine rings is 2. The van der Waals surface area contributed by atoms with Crippen molar-refractivity contribution in [1.82, 2.24) is 15.0 Å². The Bertz CT molecular complexity index is 871. The largest absolute Gasteiger partial charge is 0.391 e. The normalized spacial score (nSPS) is 24.6. The zero-order valence-electron chi connectivity index (χ0n) is 16.2. The Morgan fingerprint density at radius 3 is 2.54 bits per heavy atom. The molecule has 0 saturated carbocycles. The van der Waals surface area contributed by atoms with Crippen LogP contribution in [-0.4, -0.2) is 58.1 Å². The van der Waals surface area contributed by atoms with Gasteiger partial charge in [0.1, 0.15) is 5.76 Å². The molecule has 0 aliphatic carbocycles. The van der Waals surface area contributed by atoms with Crippen molar-refractivity contribution in [2.45, 2.75) is 38.3 Å². The first-order valence-corrected chi connectivity index (χ1v) is 9.64. The highest BCUT2D eigenvalue weighted by atomic mass is 16.5. The second-order valence-corrected chi connectivity index (χ2v) is 7.94. The molecule has 1 spiro atoms. The summed E-state index contributed by atoms with van der Waals surface area (Å²) >= 11 is 0. The number of aliphatic hydroxyl groups is 1. The molecule has 2 aromatic rings. The summed E-state index contributed by atoms with van der Waals surface area (Å²) in [6, 6.07) is 10.9. The molecule has 2 atom stereocenters. The molecule has 7 nitrogen and oxygen atoms in total. The van der Waals surface area contributed by atoms with Gasteiger partial charge < -0.3 is 19.4 Å². The number of aromatic nitrogens is 1. The van der Waals surface area contributed by atoms with Gasteiger partial charge >= 0.3 is 0 Å². The van der Waals surface area contributed by atoms with Crippen LogP contribution in [0.15, 0.2) is 40.9 Å². The average Bonchev–Trinajstić information content (AvgIpc) is 3.14. The first-order chi connectivity index (χ1) is 13.4. The van der Waals surface area contributed by atoms with Gasteiger partial charge in [0, 0.05) is 26.2 Å². The highest BCUT2D eigenvalue weighted by Crippen LogP contribution is 2.46. The van der Waals surface area contributed by atoms with Crippen molar-refractivity contribution < 1.29 is 19.2 Å². The van der Waals surface area contributed by atoms with Crippen molar-refractivity contribution in [3.8, 4) is 0 Å². The fraction of sp³-hybridized carbons (Fsp3) is 0.476. The van der Waals surface area contributed by atoms with E-state index in [2.05, 4.69) is 5.16 Å². The quantitative estimate of drug-likeness (QED) is 0.859. The second kappa shape index (κ2) is 7.05. The number of hydrogen-bond donors (Lipinski definition) is 1. The summed E-state index contributed by atoms with van der Waals surface area (Å²) in [4.78, 5) is 29.3. The van der Waals surface area contributed by atoms with E-state index in [0.29, 0.717) is 43.8 Å². The van der Waals surface area contributed by atoms with Crippen LogP contribution in [0.5, 0.6) is 0 Å². The predicted octanol–water partition coefficient (Wildman–Crippen LogP) is 2.17. The summed E-state index contributed by atoms with van der Waals surface area (Å²) < 4.78 is 4.99. The van der Waals surface area contributed by atoms with Crippen LogP contribution in [0, 0.1) is 12.3 Å². The van der Waals surface area contributed by atoms with E-state index in [-0.39, 0.29) is 17.9 Å². The topological polar surface area (TPSA) is 86.9 Å². The molecule has 1 N–H and O–H groups in total. The zero-order chi connectivity index (χ0) is 19.9. The molecule has 3 heterocycles. The van der Waals surface area contributed by atoms with Crippen LogP contribution in [0.25, 0.3) is 0 Å². The van der Waals surface area contributed by atoms with Crippen molar-refractivity contribution in [2.24, 2.45) is 5.41 Å². The lowest BCUT2D eigenvalue weighted by Gasteiger charge is -2.50. The number of rotatable bonds is 2. The molecule has 148 valence electrons. The van der Waals surface area contributed by atoms with Gasteiger partial charge in [-0.15, -0.1) is 0 Å². The third-order valence-corrected chi connectivity index (χ3v) is 6.15. The van der Waals surface area contributed by atoms with E-state index in [1.54, 1.807) is 29.8 Å². The standard InChI is InChI=1S/C21H25N3O4/c1-14-12-16(22-28-14)19(26)24-10-8-21(9-11-24)13-17(25)18(23(2)20(21)27)15-6-4-3-5-7-15/h3-7,12,17-18,25H,8-11,13H2,1-2H3/t17-,18+/m1/s1. The number of nitrogens with zero attached hydrogens (tertiary/aromatic N) is 3. The Morgan fingerprint density at radius 1 is 1.25 bits per heavy atom. The van der Waals surface area contributed by atoms with Crippen LogP contribution in [0.1, 0.15) is 47.1 Å². The molecule has 2 aliphatic rings. The molecular weight excluding hydrogens is 358 g/mol. The van der Waals surface area contributed by atoms with Gasteiger partial charge in [0.2, 0.25) is 5.91 Å². The average molecular weight is 383 g/mol. The molecule has 2 saturated heterocycles. The molecule has 1 aromatic heterocycles. The van der Waals surface area contributed by atoms with Crippen molar-refractivity contribution in [3.05, 3.63) is 53.4 Å². The lowest BCUT2D eigenvalue weighted by atomic mass is 9.68. The Hall–Kier alpha value is -2.67. The Kier molecular flexibility index (Phi) is 4.71. The molecule has 2 amide bonds. The minimum Gasteiger partial charge on any atom is -0.391 e. The monoisotopic (exact) mass is 383 g/mol. The fourth-order valence-corrected chi connectivity index (χ4v) is 4.64. The maximum atomic E-state index is 13.3. The maximum Gasteiger partial charge on any atom is 0.276 e. The lowest BCUT2D eigenvalue weighted by Crippen LogP contribution is -2.57. The summed E-state index contributed by atoms with van der Waals surface area (Å²) in [5, 5.41) is 14.7. The van der Waals surface area contributed by atoms with Gasteiger partial charge in [-0.3, -0.25) is 9.59 Å². The van der Waals surface area contributed by atoms with Gasteiger partial charge in [-0.05, 0) is 31.7 Å². The van der Waals surface area contributed by atoms with E-state index in [0.717, 1.165) is 5.56 Å². The molecular formula is C21H25N3O4. The Morgan fingerprint density at radius 2 is 1.93 bits per heavy atom. The Labute approximate surface area is 163 Å². The lowest BCUT2D eigenvalue weighted by molar-refractivity contribution is -0.161. The summed E-state index contributed by atoms with van der Waals surface area (Å²) in [7, 11) is 1.76. The van der Waals surface area contributed by atoms with E-state index in [9.17, 15) is 14.7 Å². The molecule has 0 radical (unpaired) electrons. The predicted molar refractivity (Wildman–Crippen MR) is 101 cm³/mol. The van der Waals surface area contributed by atoms with Crippen LogP contribution < -0.4 is 0 Å². The number of benzene rings is 1. The molecule has 0 unspecified atom stereocenters. The van der Waals surface area contributed by atoms with Gasteiger partial charge in [-0.25, -0.2) is 0 Å². The number of amides is 2. The number of carbonyl (C=O) groups excluding carboxylic acids is 2. The smallest absolute Gasteiger partial charge is 0.276 e. The molecule has 1 aromatic carbocycles. The van der Waals surface area contributed by atoms with Crippen molar-refractivity contribution in [3.63, 3.8) is 0 Å². The third kappa shape index (κ3) is 3.09. The van der Waals surface area contributed by atoms with Crippen LogP contribution in [-0.2, 0) is 4.79 Å². The maximum absolute atomic E-state index is 13.3. The van der Waals surface area contributed by atoms with Crippen molar-refractivity contribution >= 4 is 11.8 Å². The van der Waals surface area contributed by atoms with E-state index in [1.807, 2.05) is 30.3 Å². The summed E-state index contributed by atoms with van der Waals surface area (Å²) in [6.45, 7) is 2.68. The van der Waals surface area contributed by atoms with Crippen LogP contribution in [0.2, 0.25) is 0 Å². The molecule has 7 heteroatoms. The highest BCUT2D eigenvalue weighted by molar-refractivity contribution is 5.92. The number of aliphatic hydroxyl groups excluding tert-OH is 1. The van der Waals surface area contributed by atoms with Gasteiger partial charge in [-0.1, -0.05) is 35.5 Å². The second-order valence-electron chi connectivity index (χ2n) is 7.94. The van der Waals surface area contributed by atoms with Crippen molar-refractivity contribution in [2.75, 3.05) is 20.1 Å². The highest BCUT2D eigenvalue weighted by Gasteiger charge is 2.51. The summed E-state index contributed by atoms with van der Waals surface area (Å²) in [5.41, 5.74) is 0.620. The summed E-state index contributed by atoms with van der Waals surface area (Å²) in [5.74, 6) is 0.470. The number of hydrogen-bond acceptors (Lipinski definition) is 5. The van der Waals surface area contributed by atoms with E-state index < -0.39 is 11.5 Å². The number of aryl methyl sites for hydroxylation is 1. The molecule has 2 aliphatic heterocycles.